The van der Waals surface area contributed by atoms with Crippen molar-refractivity contribution in [2.45, 2.75) is 6.54 Å². The van der Waals surface area contributed by atoms with E-state index in [9.17, 15) is 9.59 Å². The van der Waals surface area contributed by atoms with E-state index in [0.29, 0.717) is 0 Å². The van der Waals surface area contributed by atoms with Gasteiger partial charge in [0.2, 0.25) is 5.95 Å². The van der Waals surface area contributed by atoms with Gasteiger partial charge < -0.3 is 15.6 Å². The fraction of sp³-hybridized carbons (Fsp3) is 0.333. The van der Waals surface area contributed by atoms with Crippen LogP contribution in [0.1, 0.15) is 0 Å². The SMILES string of the molecule is Nc1ncn(CC(=O)OCC(=O)O)n1. The van der Waals surface area contributed by atoms with Crippen molar-refractivity contribution in [3.05, 3.63) is 6.33 Å². The second-order valence-corrected chi connectivity index (χ2v) is 2.35. The Labute approximate surface area is 78.3 Å². The van der Waals surface area contributed by atoms with Gasteiger partial charge in [0.05, 0.1) is 0 Å². The molecule has 0 unspecified atom stereocenters. The molecule has 0 atom stereocenters. The lowest BCUT2D eigenvalue weighted by atomic mass is 10.6. The second-order valence-electron chi connectivity index (χ2n) is 2.35. The molecule has 8 nitrogen and oxygen atoms in total. The minimum Gasteiger partial charge on any atom is -0.479 e. The van der Waals surface area contributed by atoms with Crippen LogP contribution in [0.3, 0.4) is 0 Å². The van der Waals surface area contributed by atoms with E-state index in [-0.39, 0.29) is 12.5 Å². The number of carbonyl (C=O) groups is 2. The molecule has 0 amide bonds. The van der Waals surface area contributed by atoms with E-state index in [4.69, 9.17) is 10.8 Å². The predicted octanol–water partition coefficient (Wildman–Crippen LogP) is -1.51. The van der Waals surface area contributed by atoms with Gasteiger partial charge in [-0.2, -0.15) is 0 Å². The average Bonchev–Trinajstić information content (AvgIpc) is 2.48. The molecule has 0 aliphatic rings. The summed E-state index contributed by atoms with van der Waals surface area (Å²) in [6, 6.07) is 0. The number of anilines is 1. The first-order valence-corrected chi connectivity index (χ1v) is 3.60. The first-order chi connectivity index (χ1) is 6.58. The molecular formula is C6H8N4O4. The molecule has 0 radical (unpaired) electrons. The monoisotopic (exact) mass is 200 g/mol. The zero-order chi connectivity index (χ0) is 10.6. The highest BCUT2D eigenvalue weighted by molar-refractivity contribution is 5.74. The maximum absolute atomic E-state index is 10.9. The zero-order valence-corrected chi connectivity index (χ0v) is 7.08. The van der Waals surface area contributed by atoms with E-state index in [1.165, 1.54) is 6.33 Å². The maximum Gasteiger partial charge on any atom is 0.341 e. The van der Waals surface area contributed by atoms with Crippen LogP contribution in [0.25, 0.3) is 0 Å². The van der Waals surface area contributed by atoms with Crippen LogP contribution in [-0.2, 0) is 20.9 Å². The number of carboxylic acid groups (broad SMARTS) is 1. The fourth-order valence-electron chi connectivity index (χ4n) is 0.705. The van der Waals surface area contributed by atoms with Crippen LogP contribution in [0.4, 0.5) is 5.95 Å². The number of carbonyl (C=O) groups excluding carboxylic acids is 1. The number of nitrogens with zero attached hydrogens (tertiary/aromatic N) is 3. The summed E-state index contributed by atoms with van der Waals surface area (Å²) in [4.78, 5) is 24.5. The van der Waals surface area contributed by atoms with Crippen molar-refractivity contribution in [1.82, 2.24) is 14.8 Å². The molecule has 0 saturated carbocycles. The molecule has 0 spiro atoms. The summed E-state index contributed by atoms with van der Waals surface area (Å²) in [5.41, 5.74) is 5.19. The molecule has 0 aliphatic carbocycles. The molecule has 8 heteroatoms. The molecule has 1 heterocycles. The van der Waals surface area contributed by atoms with Gasteiger partial charge in [0.1, 0.15) is 12.9 Å². The summed E-state index contributed by atoms with van der Waals surface area (Å²) in [5, 5.41) is 11.8. The summed E-state index contributed by atoms with van der Waals surface area (Å²) in [5.74, 6) is -1.88. The molecular weight excluding hydrogens is 192 g/mol. The van der Waals surface area contributed by atoms with Gasteiger partial charge in [-0.25, -0.2) is 14.5 Å². The summed E-state index contributed by atoms with van der Waals surface area (Å²) >= 11 is 0. The number of nitrogens with two attached hydrogens (primary N) is 1. The number of ether oxygens (including phenoxy) is 1. The van der Waals surface area contributed by atoms with Gasteiger partial charge in [-0.15, -0.1) is 5.10 Å². The molecule has 0 aliphatic heterocycles. The molecule has 0 aromatic carbocycles. The van der Waals surface area contributed by atoms with Gasteiger partial charge in [-0.05, 0) is 0 Å². The highest BCUT2D eigenvalue weighted by Gasteiger charge is 2.07. The Hall–Kier alpha value is -2.12. The molecule has 3 N–H and O–H groups in total. The fourth-order valence-corrected chi connectivity index (χ4v) is 0.705. The first-order valence-electron chi connectivity index (χ1n) is 3.60. The normalized spacial score (nSPS) is 9.71. The topological polar surface area (TPSA) is 120 Å². The van der Waals surface area contributed by atoms with E-state index in [1.807, 2.05) is 0 Å². The van der Waals surface area contributed by atoms with E-state index < -0.39 is 18.5 Å². The largest absolute Gasteiger partial charge is 0.479 e. The lowest BCUT2D eigenvalue weighted by molar-refractivity contribution is -0.155. The van der Waals surface area contributed by atoms with Gasteiger partial charge in [0.15, 0.2) is 6.61 Å². The van der Waals surface area contributed by atoms with Gasteiger partial charge in [0.25, 0.3) is 0 Å². The number of hydrogen-bond donors (Lipinski definition) is 2. The van der Waals surface area contributed by atoms with E-state index >= 15 is 0 Å². The van der Waals surface area contributed by atoms with Crippen molar-refractivity contribution in [1.29, 1.82) is 0 Å². The summed E-state index contributed by atoms with van der Waals surface area (Å²) in [7, 11) is 0. The molecule has 14 heavy (non-hydrogen) atoms. The third-order valence-electron chi connectivity index (χ3n) is 1.20. The van der Waals surface area contributed by atoms with Crippen molar-refractivity contribution >= 4 is 17.9 Å². The van der Waals surface area contributed by atoms with Crippen LogP contribution >= 0.6 is 0 Å². The summed E-state index contributed by atoms with van der Waals surface area (Å²) in [6.07, 6.45) is 1.25. The van der Waals surface area contributed by atoms with E-state index in [0.717, 1.165) is 4.68 Å². The number of aromatic nitrogens is 3. The highest BCUT2D eigenvalue weighted by atomic mass is 16.5. The molecule has 1 aromatic rings. The zero-order valence-electron chi connectivity index (χ0n) is 7.08. The van der Waals surface area contributed by atoms with Gasteiger partial charge in [0, 0.05) is 0 Å². The van der Waals surface area contributed by atoms with Crippen molar-refractivity contribution in [2.24, 2.45) is 0 Å². The maximum atomic E-state index is 10.9. The lowest BCUT2D eigenvalue weighted by Gasteiger charge is -2.00. The van der Waals surface area contributed by atoms with Crippen molar-refractivity contribution in [3.63, 3.8) is 0 Å². The molecule has 1 aromatic heterocycles. The molecule has 1 rings (SSSR count). The Morgan fingerprint density at radius 2 is 2.36 bits per heavy atom. The number of hydrogen-bond acceptors (Lipinski definition) is 6. The minimum atomic E-state index is -1.21. The molecule has 76 valence electrons. The summed E-state index contributed by atoms with van der Waals surface area (Å²) < 4.78 is 5.50. The van der Waals surface area contributed by atoms with Gasteiger partial charge >= 0.3 is 11.9 Å². The van der Waals surface area contributed by atoms with Crippen LogP contribution < -0.4 is 5.73 Å². The Morgan fingerprint density at radius 3 is 2.86 bits per heavy atom. The van der Waals surface area contributed by atoms with E-state index in [1.54, 1.807) is 0 Å². The minimum absolute atomic E-state index is 0.0380. The Kier molecular flexibility index (Phi) is 3.00. The number of aliphatic carboxylic acids is 1. The standard InChI is InChI=1S/C6H8N4O4/c7-6-8-3-10(9-6)1-5(13)14-2-4(11)12/h3H,1-2H2,(H2,7,9)(H,11,12). The lowest BCUT2D eigenvalue weighted by Crippen LogP contribution is -2.18. The third kappa shape index (κ3) is 3.09. The number of esters is 1. The third-order valence-corrected chi connectivity index (χ3v) is 1.20. The molecule has 0 bridgehead atoms. The van der Waals surface area contributed by atoms with Gasteiger partial charge in [-0.3, -0.25) is 4.79 Å². The highest BCUT2D eigenvalue weighted by Crippen LogP contribution is 1.90. The predicted molar refractivity (Wildman–Crippen MR) is 43.0 cm³/mol. The average molecular weight is 200 g/mol. The van der Waals surface area contributed by atoms with Crippen LogP contribution in [0.5, 0.6) is 0 Å². The van der Waals surface area contributed by atoms with E-state index in [2.05, 4.69) is 14.8 Å². The Bertz CT molecular complexity index is 347. The molecule has 0 saturated heterocycles. The van der Waals surface area contributed by atoms with Crippen LogP contribution in [-0.4, -0.2) is 38.4 Å². The summed E-state index contributed by atoms with van der Waals surface area (Å²) in [6.45, 7) is -0.875. The van der Waals surface area contributed by atoms with Crippen molar-refractivity contribution in [2.75, 3.05) is 12.3 Å². The first kappa shape index (κ1) is 9.96. The van der Waals surface area contributed by atoms with Crippen molar-refractivity contribution < 1.29 is 19.4 Å². The Balaban J connectivity index is 2.37. The number of carboxylic acids is 1. The quantitative estimate of drug-likeness (QED) is 0.566. The van der Waals surface area contributed by atoms with Crippen LogP contribution in [0.2, 0.25) is 0 Å². The smallest absolute Gasteiger partial charge is 0.341 e. The van der Waals surface area contributed by atoms with Crippen molar-refractivity contribution in [3.8, 4) is 0 Å². The van der Waals surface area contributed by atoms with Crippen LogP contribution in [0.15, 0.2) is 6.33 Å². The second kappa shape index (κ2) is 4.21. The van der Waals surface area contributed by atoms with Gasteiger partial charge in [-0.1, -0.05) is 0 Å². The van der Waals surface area contributed by atoms with Crippen LogP contribution in [0, 0.1) is 0 Å². The number of rotatable bonds is 4. The number of nitrogen functional groups attached to an aromatic ring is 1. The molecule has 0 fully saturated rings. The Morgan fingerprint density at radius 1 is 1.64 bits per heavy atom.